The summed E-state index contributed by atoms with van der Waals surface area (Å²) in [5, 5.41) is 31.4. The van der Waals surface area contributed by atoms with Crippen LogP contribution < -0.4 is 5.43 Å². The summed E-state index contributed by atoms with van der Waals surface area (Å²) in [5.74, 6) is -2.15. The summed E-state index contributed by atoms with van der Waals surface area (Å²) in [7, 11) is 0. The minimum absolute atomic E-state index is 0.0622. The van der Waals surface area contributed by atoms with Crippen LogP contribution in [0.5, 0.6) is 5.75 Å². The van der Waals surface area contributed by atoms with Crippen molar-refractivity contribution < 1.29 is 29.3 Å². The Balaban J connectivity index is 1.99. The lowest BCUT2D eigenvalue weighted by atomic mass is 9.88. The van der Waals surface area contributed by atoms with Gasteiger partial charge >= 0.3 is 11.9 Å². The molecule has 1 heterocycles. The van der Waals surface area contributed by atoms with Gasteiger partial charge in [0.1, 0.15) is 22.5 Å². The Bertz CT molecular complexity index is 1710. The molecule has 0 aromatic heterocycles. The third-order valence-corrected chi connectivity index (χ3v) is 6.48. The lowest BCUT2D eigenvalue weighted by Crippen LogP contribution is -2.22. The van der Waals surface area contributed by atoms with Gasteiger partial charge in [-0.25, -0.2) is 4.79 Å². The van der Waals surface area contributed by atoms with E-state index in [4.69, 9.17) is 16.0 Å². The summed E-state index contributed by atoms with van der Waals surface area (Å²) in [4.78, 5) is 36.5. The van der Waals surface area contributed by atoms with Crippen LogP contribution in [0.4, 0.5) is 0 Å². The van der Waals surface area contributed by atoms with Crippen LogP contribution in [0.3, 0.4) is 0 Å². The van der Waals surface area contributed by atoms with Crippen molar-refractivity contribution in [3.63, 3.8) is 0 Å². The fourth-order valence-electron chi connectivity index (χ4n) is 4.25. The number of hydrogen-bond donors (Lipinski definition) is 3. The van der Waals surface area contributed by atoms with Crippen LogP contribution in [0, 0.1) is 5.41 Å². The number of aliphatic carboxylic acids is 2. The van der Waals surface area contributed by atoms with Crippen molar-refractivity contribution in [1.82, 2.24) is 0 Å². The van der Waals surface area contributed by atoms with Crippen molar-refractivity contribution >= 4 is 50.9 Å². The maximum Gasteiger partial charge on any atom is 0.336 e. The minimum Gasteiger partial charge on any atom is -0.508 e. The number of carboxylic acids is 2. The van der Waals surface area contributed by atoms with E-state index in [9.17, 15) is 29.7 Å². The van der Waals surface area contributed by atoms with Gasteiger partial charge in [-0.2, -0.15) is 0 Å². The molecule has 8 heteroatoms. The summed E-state index contributed by atoms with van der Waals surface area (Å²) in [6, 6.07) is 10.9. The molecule has 7 nitrogen and oxygen atoms in total. The van der Waals surface area contributed by atoms with Crippen molar-refractivity contribution in [1.29, 1.82) is 0 Å². The van der Waals surface area contributed by atoms with Gasteiger partial charge in [-0.15, -0.1) is 0 Å². The fraction of sp³-hybridized carbons (Fsp3) is 0.0741. The van der Waals surface area contributed by atoms with E-state index in [1.165, 1.54) is 49.4 Å². The number of phenols is 1. The summed E-state index contributed by atoms with van der Waals surface area (Å²) in [5.41, 5.74) is -0.612. The molecule has 0 radical (unpaired) electrons. The molecule has 3 N–H and O–H groups in total. The first-order valence-electron chi connectivity index (χ1n) is 10.5. The monoisotopic (exact) mass is 488 g/mol. The molecule has 2 aromatic rings. The molecular weight excluding hydrogens is 472 g/mol. The molecule has 0 fully saturated rings. The quantitative estimate of drug-likeness (QED) is 0.258. The van der Waals surface area contributed by atoms with E-state index < -0.39 is 22.8 Å². The zero-order valence-electron chi connectivity index (χ0n) is 18.2. The molecular formula is C27H17ClO7. The number of halogens is 1. The highest BCUT2D eigenvalue weighted by Crippen LogP contribution is 2.43. The Morgan fingerprint density at radius 1 is 0.971 bits per heavy atom. The van der Waals surface area contributed by atoms with E-state index in [0.29, 0.717) is 32.9 Å². The number of hydrogen-bond acceptors (Lipinski definition) is 5. The highest BCUT2D eigenvalue weighted by Gasteiger charge is 2.31. The van der Waals surface area contributed by atoms with Crippen LogP contribution in [0.25, 0.3) is 38.6 Å². The molecule has 0 amide bonds. The Morgan fingerprint density at radius 2 is 1.69 bits per heavy atom. The van der Waals surface area contributed by atoms with Gasteiger partial charge in [0.05, 0.1) is 10.6 Å². The first-order chi connectivity index (χ1) is 16.6. The second kappa shape index (κ2) is 7.85. The van der Waals surface area contributed by atoms with Crippen molar-refractivity contribution in [3.8, 4) is 17.1 Å². The van der Waals surface area contributed by atoms with E-state index in [2.05, 4.69) is 0 Å². The number of aromatic hydroxyl groups is 1. The van der Waals surface area contributed by atoms with Gasteiger partial charge in [0.2, 0.25) is 5.43 Å². The van der Waals surface area contributed by atoms with E-state index >= 15 is 0 Å². The molecule has 0 spiro atoms. The normalized spacial score (nSPS) is 17.9. The minimum atomic E-state index is -1.43. The number of fused-ring (bicyclic) bond motifs is 4. The third-order valence-electron chi connectivity index (χ3n) is 6.18. The molecule has 3 aliphatic rings. The maximum atomic E-state index is 12.3. The topological polar surface area (TPSA) is 125 Å². The highest BCUT2D eigenvalue weighted by atomic mass is 35.5. The Labute approximate surface area is 202 Å². The predicted octanol–water partition coefficient (Wildman–Crippen LogP) is 5.47. The van der Waals surface area contributed by atoms with Gasteiger partial charge in [0.25, 0.3) is 0 Å². The summed E-state index contributed by atoms with van der Waals surface area (Å²) < 4.78 is 6.13. The van der Waals surface area contributed by atoms with Crippen molar-refractivity contribution in [2.45, 2.75) is 6.92 Å². The molecule has 174 valence electrons. The van der Waals surface area contributed by atoms with Crippen LogP contribution >= 0.6 is 11.6 Å². The number of carboxylic acid groups (broad SMARTS) is 2. The standard InChI is InChI=1S/C27H17ClO7/c1-27(26(33)34)8-6-16(17(7-9-27)25(31)32)23-18-4-2-13-10-14(29)3-5-15(13)24(18)35-22-12-21(30)20(28)11-19(22)23/h2-12,29H,1H3,(H,31,32)(H,33,34). The van der Waals surface area contributed by atoms with Gasteiger partial charge in [-0.3, -0.25) is 9.59 Å². The largest absolute Gasteiger partial charge is 0.508 e. The molecule has 1 atom stereocenters. The Hall–Kier alpha value is -4.36. The first-order valence-corrected chi connectivity index (χ1v) is 10.9. The maximum absolute atomic E-state index is 12.3. The second-order valence-corrected chi connectivity index (χ2v) is 8.90. The Kier molecular flexibility index (Phi) is 5.03. The van der Waals surface area contributed by atoms with E-state index in [1.54, 1.807) is 24.3 Å². The highest BCUT2D eigenvalue weighted by molar-refractivity contribution is 6.31. The average molecular weight is 489 g/mol. The number of carbonyl (C=O) groups is 2. The Morgan fingerprint density at radius 3 is 2.40 bits per heavy atom. The van der Waals surface area contributed by atoms with Crippen LogP contribution in [-0.4, -0.2) is 27.3 Å². The van der Waals surface area contributed by atoms with Crippen LogP contribution in [-0.2, 0) is 9.59 Å². The van der Waals surface area contributed by atoms with Crippen molar-refractivity contribution in [2.24, 2.45) is 5.41 Å². The summed E-state index contributed by atoms with van der Waals surface area (Å²) >= 11 is 6.16. The smallest absolute Gasteiger partial charge is 0.336 e. The molecule has 2 aromatic carbocycles. The van der Waals surface area contributed by atoms with Crippen LogP contribution in [0.15, 0.2) is 81.6 Å². The van der Waals surface area contributed by atoms with Gasteiger partial charge in [-0.1, -0.05) is 35.9 Å². The zero-order chi connectivity index (χ0) is 25.1. The van der Waals surface area contributed by atoms with Crippen molar-refractivity contribution in [2.75, 3.05) is 0 Å². The molecule has 1 unspecified atom stereocenters. The van der Waals surface area contributed by atoms with Gasteiger partial charge in [0.15, 0.2) is 0 Å². The molecule has 1 aliphatic heterocycles. The number of allylic oxidation sites excluding steroid dienone is 2. The van der Waals surface area contributed by atoms with E-state index in [-0.39, 0.29) is 27.7 Å². The predicted molar refractivity (Wildman–Crippen MR) is 132 cm³/mol. The summed E-state index contributed by atoms with van der Waals surface area (Å²) in [6.07, 6.45) is 5.48. The summed E-state index contributed by atoms with van der Waals surface area (Å²) in [6.45, 7) is 1.46. The van der Waals surface area contributed by atoms with Gasteiger partial charge in [-0.05, 0) is 54.3 Å². The lowest BCUT2D eigenvalue weighted by molar-refractivity contribution is -0.143. The second-order valence-electron chi connectivity index (χ2n) is 8.49. The average Bonchev–Trinajstić information content (AvgIpc) is 2.98. The molecule has 2 aliphatic carbocycles. The van der Waals surface area contributed by atoms with Gasteiger partial charge < -0.3 is 19.7 Å². The van der Waals surface area contributed by atoms with Crippen LogP contribution in [0.2, 0.25) is 5.02 Å². The van der Waals surface area contributed by atoms with Crippen molar-refractivity contribution in [3.05, 3.63) is 93.2 Å². The molecule has 0 saturated heterocycles. The molecule has 5 rings (SSSR count). The fourth-order valence-corrected chi connectivity index (χ4v) is 4.41. The molecule has 0 bridgehead atoms. The zero-order valence-corrected chi connectivity index (χ0v) is 19.0. The third kappa shape index (κ3) is 3.57. The molecule has 35 heavy (non-hydrogen) atoms. The van der Waals surface area contributed by atoms with E-state index in [1.807, 2.05) is 0 Å². The SMILES string of the molecule is CC1(C(=O)O)C=CC(C(=O)O)=C(c2c3cc(Cl)c(=O)cc-3oc3c2ccc2cc(O)ccc23)C=C1. The number of phenolic OH excluding ortho intramolecular Hbond substituents is 1. The first kappa shape index (κ1) is 22.4. The van der Waals surface area contributed by atoms with Crippen LogP contribution in [0.1, 0.15) is 12.5 Å². The lowest BCUT2D eigenvalue weighted by Gasteiger charge is -2.18. The van der Waals surface area contributed by atoms with E-state index in [0.717, 1.165) is 0 Å². The molecule has 0 saturated carbocycles. The number of rotatable bonds is 3. The number of benzene rings is 3. The van der Waals surface area contributed by atoms with Gasteiger partial charge in [0, 0.05) is 28.0 Å².